The number of allylic oxidation sites excluding steroid dienone is 2. The number of benzene rings is 2. The van der Waals surface area contributed by atoms with Gasteiger partial charge < -0.3 is 16.0 Å². The first-order valence-corrected chi connectivity index (χ1v) is 14.7. The summed E-state index contributed by atoms with van der Waals surface area (Å²) in [6.07, 6.45) is 11.7. The van der Waals surface area contributed by atoms with Crippen LogP contribution in [0.3, 0.4) is 0 Å². The second-order valence-electron chi connectivity index (χ2n) is 10.8. The number of nitrogens with zero attached hydrogens (tertiary/aromatic N) is 1. The molecule has 1 atom stereocenters. The molecule has 2 aromatic carbocycles. The summed E-state index contributed by atoms with van der Waals surface area (Å²) in [6, 6.07) is 19.7. The molecule has 6 nitrogen and oxygen atoms in total. The Morgan fingerprint density at radius 3 is 2.37 bits per heavy atom. The first kappa shape index (κ1) is 29.9. The Hall–Kier alpha value is -4.03. The second kappa shape index (κ2) is 15.1. The van der Waals surface area contributed by atoms with Gasteiger partial charge in [-0.2, -0.15) is 0 Å². The minimum absolute atomic E-state index is 0.0584. The average molecular weight is 551 g/mol. The molecular weight excluding hydrogens is 508 g/mol. The summed E-state index contributed by atoms with van der Waals surface area (Å²) in [5.74, 6) is 0.210. The lowest BCUT2D eigenvalue weighted by atomic mass is 9.84. The molecule has 0 spiro atoms. The lowest BCUT2D eigenvalue weighted by Gasteiger charge is -2.28. The Bertz CT molecular complexity index is 1440. The maximum absolute atomic E-state index is 14.0. The lowest BCUT2D eigenvalue weighted by Crippen LogP contribution is -2.45. The van der Waals surface area contributed by atoms with Gasteiger partial charge in [0.25, 0.3) is 5.91 Å². The number of pyridine rings is 1. The molecule has 41 heavy (non-hydrogen) atoms. The van der Waals surface area contributed by atoms with Crippen molar-refractivity contribution in [3.63, 3.8) is 0 Å². The number of carbonyl (C=O) groups is 2. The van der Waals surface area contributed by atoms with Gasteiger partial charge >= 0.3 is 0 Å². The summed E-state index contributed by atoms with van der Waals surface area (Å²) in [4.78, 5) is 31.6. The van der Waals surface area contributed by atoms with Crippen molar-refractivity contribution < 1.29 is 9.59 Å². The van der Waals surface area contributed by atoms with Crippen LogP contribution in [-0.4, -0.2) is 29.4 Å². The monoisotopic (exact) mass is 550 g/mol. The van der Waals surface area contributed by atoms with Gasteiger partial charge in [-0.25, -0.2) is 4.98 Å². The Morgan fingerprint density at radius 1 is 1.00 bits per heavy atom. The fourth-order valence-corrected chi connectivity index (χ4v) is 5.48. The number of rotatable bonds is 11. The van der Waals surface area contributed by atoms with Crippen LogP contribution in [-0.2, 0) is 17.9 Å². The van der Waals surface area contributed by atoms with E-state index in [9.17, 15) is 9.59 Å². The highest BCUT2D eigenvalue weighted by molar-refractivity contribution is 5.97. The van der Waals surface area contributed by atoms with Crippen LogP contribution in [0.25, 0.3) is 23.9 Å². The van der Waals surface area contributed by atoms with Gasteiger partial charge in [-0.05, 0) is 44.2 Å². The van der Waals surface area contributed by atoms with Crippen molar-refractivity contribution in [1.82, 2.24) is 20.9 Å². The largest absolute Gasteiger partial charge is 0.351 e. The molecule has 1 saturated carbocycles. The number of carbonyl (C=O) groups excluding carboxylic acids is 2. The molecule has 3 aromatic rings. The van der Waals surface area contributed by atoms with Crippen molar-refractivity contribution in [2.45, 2.75) is 65.1 Å². The smallest absolute Gasteiger partial charge is 0.252 e. The van der Waals surface area contributed by atoms with Crippen molar-refractivity contribution in [2.24, 2.45) is 5.92 Å². The van der Waals surface area contributed by atoms with Gasteiger partial charge in [0.2, 0.25) is 5.91 Å². The van der Waals surface area contributed by atoms with E-state index in [0.29, 0.717) is 40.8 Å². The van der Waals surface area contributed by atoms with Crippen molar-refractivity contribution in [3.8, 4) is 11.3 Å². The molecule has 3 N–H and O–H groups in total. The molecule has 214 valence electrons. The fourth-order valence-electron chi connectivity index (χ4n) is 5.48. The highest BCUT2D eigenvalue weighted by Crippen LogP contribution is 2.27. The summed E-state index contributed by atoms with van der Waals surface area (Å²) in [7, 11) is 0. The predicted octanol–water partition coefficient (Wildman–Crippen LogP) is 4.62. The van der Waals surface area contributed by atoms with E-state index in [1.165, 1.54) is 19.3 Å². The first-order valence-electron chi connectivity index (χ1n) is 14.7. The van der Waals surface area contributed by atoms with Gasteiger partial charge in [0.05, 0.1) is 23.2 Å². The number of aromatic nitrogens is 1. The summed E-state index contributed by atoms with van der Waals surface area (Å²) in [5.41, 5.74) is 3.92. The Labute approximate surface area is 243 Å². The molecule has 0 bridgehead atoms. The van der Waals surface area contributed by atoms with Crippen molar-refractivity contribution in [2.75, 3.05) is 6.54 Å². The van der Waals surface area contributed by atoms with Crippen LogP contribution in [0.1, 0.15) is 67.4 Å². The molecule has 1 aliphatic carbocycles. The number of hydrogen-bond donors (Lipinski definition) is 3. The maximum atomic E-state index is 14.0. The third-order valence-electron chi connectivity index (χ3n) is 7.79. The van der Waals surface area contributed by atoms with E-state index in [1.54, 1.807) is 0 Å². The van der Waals surface area contributed by atoms with Crippen LogP contribution in [0, 0.1) is 5.92 Å². The summed E-state index contributed by atoms with van der Waals surface area (Å²) >= 11 is 0. The molecule has 0 unspecified atom stereocenters. The van der Waals surface area contributed by atoms with E-state index in [0.717, 1.165) is 29.5 Å². The number of amides is 2. The number of nitrogens with one attached hydrogen (secondary N) is 3. The van der Waals surface area contributed by atoms with Gasteiger partial charge in [0.1, 0.15) is 0 Å². The highest BCUT2D eigenvalue weighted by atomic mass is 16.2. The van der Waals surface area contributed by atoms with Crippen LogP contribution in [0.5, 0.6) is 0 Å². The Balaban J connectivity index is 1.64. The SMILES string of the molecule is C=c1c(C(=O)N[C@@H](C)C2CCCCC2)c(CNCC(=O)NCc2ccccc2)c(-c2ccccc2)n/c1=C/C=C\C. The van der Waals surface area contributed by atoms with Crippen molar-refractivity contribution in [1.29, 1.82) is 0 Å². The third-order valence-corrected chi connectivity index (χ3v) is 7.79. The van der Waals surface area contributed by atoms with E-state index in [1.807, 2.05) is 85.8 Å². The van der Waals surface area contributed by atoms with Crippen LogP contribution < -0.4 is 26.5 Å². The van der Waals surface area contributed by atoms with E-state index >= 15 is 0 Å². The molecule has 6 heteroatoms. The molecule has 0 radical (unpaired) electrons. The lowest BCUT2D eigenvalue weighted by molar-refractivity contribution is -0.120. The van der Waals surface area contributed by atoms with Gasteiger partial charge in [0, 0.05) is 35.5 Å². The molecule has 2 amide bonds. The molecule has 1 fully saturated rings. The standard InChI is InChI=1S/C35H42N4O2/c1-4-5-21-31-25(2)33(35(41)38-26(3)28-17-11-7-12-18-28)30(34(39-31)29-19-13-8-14-20-29)23-36-24-32(40)37-22-27-15-9-6-10-16-27/h4-6,8-10,13-16,19-21,26,28,36H,2,7,11-12,17-18,22-24H2,1,3H3,(H,37,40)(H,38,41)/b5-4-,31-21+/t26-/m0/s1. The van der Waals surface area contributed by atoms with E-state index < -0.39 is 0 Å². The van der Waals surface area contributed by atoms with Crippen LogP contribution in [0.4, 0.5) is 0 Å². The van der Waals surface area contributed by atoms with Gasteiger partial charge in [-0.15, -0.1) is 0 Å². The Kier molecular flexibility index (Phi) is 11.0. The molecule has 0 saturated heterocycles. The van der Waals surface area contributed by atoms with E-state index in [-0.39, 0.29) is 24.4 Å². The summed E-state index contributed by atoms with van der Waals surface area (Å²) < 4.78 is 0. The summed E-state index contributed by atoms with van der Waals surface area (Å²) in [5, 5.41) is 10.8. The van der Waals surface area contributed by atoms with Crippen molar-refractivity contribution in [3.05, 3.63) is 100 Å². The van der Waals surface area contributed by atoms with Crippen molar-refractivity contribution >= 4 is 24.5 Å². The predicted molar refractivity (Wildman–Crippen MR) is 167 cm³/mol. The highest BCUT2D eigenvalue weighted by Gasteiger charge is 2.25. The zero-order valence-electron chi connectivity index (χ0n) is 24.3. The fraction of sp³-hybridized carbons (Fsp3) is 0.343. The minimum Gasteiger partial charge on any atom is -0.351 e. The van der Waals surface area contributed by atoms with Crippen LogP contribution in [0.15, 0.2) is 72.8 Å². The minimum atomic E-state index is -0.145. The molecule has 1 aliphatic rings. The Morgan fingerprint density at radius 2 is 1.68 bits per heavy atom. The topological polar surface area (TPSA) is 83.1 Å². The molecule has 0 aliphatic heterocycles. The van der Waals surface area contributed by atoms with Gasteiger partial charge in [-0.1, -0.05) is 98.7 Å². The molecule has 1 aromatic heterocycles. The number of hydrogen-bond acceptors (Lipinski definition) is 4. The summed E-state index contributed by atoms with van der Waals surface area (Å²) in [6.45, 7) is 9.24. The van der Waals surface area contributed by atoms with Crippen LogP contribution >= 0.6 is 0 Å². The average Bonchev–Trinajstić information content (AvgIpc) is 3.01. The van der Waals surface area contributed by atoms with E-state index in [2.05, 4.69) is 29.5 Å². The van der Waals surface area contributed by atoms with E-state index in [4.69, 9.17) is 4.98 Å². The second-order valence-corrected chi connectivity index (χ2v) is 10.8. The molecular formula is C35H42N4O2. The zero-order valence-corrected chi connectivity index (χ0v) is 24.3. The molecule has 4 rings (SSSR count). The van der Waals surface area contributed by atoms with Gasteiger partial charge in [-0.3, -0.25) is 9.59 Å². The van der Waals surface area contributed by atoms with Gasteiger partial charge in [0.15, 0.2) is 0 Å². The molecule has 1 heterocycles. The maximum Gasteiger partial charge on any atom is 0.252 e. The normalized spacial score (nSPS) is 15.1. The first-order chi connectivity index (χ1) is 20.0. The quantitative estimate of drug-likeness (QED) is 0.325. The zero-order chi connectivity index (χ0) is 29.0. The third kappa shape index (κ3) is 8.24. The van der Waals surface area contributed by atoms with Crippen LogP contribution in [0.2, 0.25) is 0 Å².